The quantitative estimate of drug-likeness (QED) is 0.0261. The molecule has 0 N–H and O–H groups in total. The van der Waals surface area contributed by atoms with E-state index in [4.69, 9.17) is 14.2 Å². The highest BCUT2D eigenvalue weighted by Gasteiger charge is 2.19. The Balaban J connectivity index is 3.90. The minimum absolute atomic E-state index is 0.0726. The summed E-state index contributed by atoms with van der Waals surface area (Å²) >= 11 is 0. The zero-order valence-electron chi connectivity index (χ0n) is 48.0. The molecule has 6 heteroatoms. The maximum Gasteiger partial charge on any atom is 0.306 e. The molecule has 71 heavy (non-hydrogen) atoms. The van der Waals surface area contributed by atoms with Crippen LogP contribution in [0.3, 0.4) is 0 Å². The second-order valence-electron chi connectivity index (χ2n) is 21.7. The second-order valence-corrected chi connectivity index (χ2v) is 21.7. The van der Waals surface area contributed by atoms with Gasteiger partial charge in [-0.05, 0) is 44.9 Å². The van der Waals surface area contributed by atoms with Gasteiger partial charge in [0.05, 0.1) is 0 Å². The smallest absolute Gasteiger partial charge is 0.306 e. The van der Waals surface area contributed by atoms with Crippen LogP contribution in [0.15, 0.2) is 24.3 Å². The number of hydrogen-bond donors (Lipinski definition) is 0. The Kier molecular flexibility index (Phi) is 58.6. The zero-order valence-corrected chi connectivity index (χ0v) is 48.0. The number of allylic oxidation sites excluding steroid dienone is 4. The van der Waals surface area contributed by atoms with E-state index in [0.29, 0.717) is 19.3 Å². The average Bonchev–Trinajstić information content (AvgIpc) is 3.37. The van der Waals surface area contributed by atoms with Crippen LogP contribution in [0.1, 0.15) is 355 Å². The van der Waals surface area contributed by atoms with Gasteiger partial charge in [0.15, 0.2) is 6.10 Å². The predicted octanol–water partition coefficient (Wildman–Crippen LogP) is 21.4. The highest BCUT2D eigenvalue weighted by molar-refractivity contribution is 5.71. The van der Waals surface area contributed by atoms with Gasteiger partial charge < -0.3 is 14.2 Å². The summed E-state index contributed by atoms with van der Waals surface area (Å²) in [6, 6.07) is 0. The predicted molar refractivity (Wildman–Crippen MR) is 307 cm³/mol. The van der Waals surface area contributed by atoms with Crippen molar-refractivity contribution in [2.45, 2.75) is 361 Å². The Morgan fingerprint density at radius 1 is 0.282 bits per heavy atom. The second kappa shape index (κ2) is 60.4. The Bertz CT molecular complexity index is 1150. The van der Waals surface area contributed by atoms with Crippen LogP contribution >= 0.6 is 0 Å². The number of ether oxygens (including phenoxy) is 3. The summed E-state index contributed by atoms with van der Waals surface area (Å²) in [4.78, 5) is 37.9. The summed E-state index contributed by atoms with van der Waals surface area (Å²) < 4.78 is 16.8. The van der Waals surface area contributed by atoms with Gasteiger partial charge in [-0.3, -0.25) is 14.4 Å². The summed E-state index contributed by atoms with van der Waals surface area (Å²) in [5.41, 5.74) is 0. The van der Waals surface area contributed by atoms with Gasteiger partial charge in [0.25, 0.3) is 0 Å². The molecule has 0 aromatic rings. The fourth-order valence-electron chi connectivity index (χ4n) is 9.66. The van der Waals surface area contributed by atoms with Crippen molar-refractivity contribution in [1.82, 2.24) is 0 Å². The van der Waals surface area contributed by atoms with Gasteiger partial charge in [-0.2, -0.15) is 0 Å². The number of carbonyl (C=O) groups is 3. The molecule has 0 fully saturated rings. The van der Waals surface area contributed by atoms with Gasteiger partial charge in [0.2, 0.25) is 0 Å². The molecule has 0 aliphatic rings. The number of unbranched alkanes of at least 4 members (excludes halogenated alkanes) is 44. The molecule has 1 unspecified atom stereocenters. The van der Waals surface area contributed by atoms with Crippen molar-refractivity contribution in [2.24, 2.45) is 0 Å². The van der Waals surface area contributed by atoms with Crippen LogP contribution in [-0.4, -0.2) is 37.2 Å². The normalized spacial score (nSPS) is 12.1. The first-order valence-corrected chi connectivity index (χ1v) is 31.8. The lowest BCUT2D eigenvalue weighted by Gasteiger charge is -2.18. The molecule has 0 saturated heterocycles. The van der Waals surface area contributed by atoms with Crippen LogP contribution in [0.4, 0.5) is 0 Å². The molecule has 0 heterocycles. The van der Waals surface area contributed by atoms with Gasteiger partial charge in [-0.25, -0.2) is 0 Å². The molecule has 1 atom stereocenters. The lowest BCUT2D eigenvalue weighted by molar-refractivity contribution is -0.167. The van der Waals surface area contributed by atoms with E-state index in [1.54, 1.807) is 0 Å². The van der Waals surface area contributed by atoms with Gasteiger partial charge >= 0.3 is 17.9 Å². The van der Waals surface area contributed by atoms with Crippen molar-refractivity contribution < 1.29 is 28.6 Å². The molecular weight excluding hydrogens is 877 g/mol. The summed E-state index contributed by atoms with van der Waals surface area (Å²) in [5.74, 6) is -0.876. The van der Waals surface area contributed by atoms with Crippen LogP contribution in [0.5, 0.6) is 0 Å². The molecule has 0 aliphatic heterocycles. The standard InChI is InChI=1S/C65H122O6/c1-4-7-10-13-16-18-20-22-23-24-25-26-27-28-29-30-31-32-33-34-35-36-37-38-39-40-41-43-44-46-49-52-55-58-64(67)70-61-62(60-69-63(66)57-54-51-48-15-12-9-6-3)71-65(68)59-56-53-50-47-45-42-21-19-17-14-11-8-5-2/h11,14,19,21,62H,4-10,12-13,15-18,20,22-61H2,1-3H3/b14-11-,21-19-. The molecule has 418 valence electrons. The highest BCUT2D eigenvalue weighted by Crippen LogP contribution is 2.18. The first-order valence-electron chi connectivity index (χ1n) is 31.8. The Labute approximate surface area is 443 Å². The highest BCUT2D eigenvalue weighted by atomic mass is 16.6. The van der Waals surface area contributed by atoms with Crippen LogP contribution in [0, 0.1) is 0 Å². The van der Waals surface area contributed by atoms with E-state index in [0.717, 1.165) is 89.9 Å². The van der Waals surface area contributed by atoms with E-state index in [1.165, 1.54) is 225 Å². The topological polar surface area (TPSA) is 78.9 Å². The summed E-state index contributed by atoms with van der Waals surface area (Å²) in [5, 5.41) is 0. The molecule has 0 spiro atoms. The van der Waals surface area contributed by atoms with Crippen molar-refractivity contribution >= 4 is 17.9 Å². The van der Waals surface area contributed by atoms with Gasteiger partial charge in [0.1, 0.15) is 13.2 Å². The molecule has 0 aliphatic carbocycles. The third kappa shape index (κ3) is 58.7. The summed E-state index contributed by atoms with van der Waals surface area (Å²) in [7, 11) is 0. The molecule has 0 aromatic heterocycles. The number of esters is 3. The van der Waals surface area contributed by atoms with Crippen molar-refractivity contribution in [1.29, 1.82) is 0 Å². The average molecular weight is 1000 g/mol. The van der Waals surface area contributed by atoms with Crippen LogP contribution in [-0.2, 0) is 28.6 Å². The maximum absolute atomic E-state index is 12.8. The Morgan fingerprint density at radius 2 is 0.535 bits per heavy atom. The summed E-state index contributed by atoms with van der Waals surface area (Å²) in [6.45, 7) is 6.57. The van der Waals surface area contributed by atoms with Crippen molar-refractivity contribution in [3.8, 4) is 0 Å². The van der Waals surface area contributed by atoms with Crippen LogP contribution in [0.2, 0.25) is 0 Å². The first-order chi connectivity index (χ1) is 35.0. The SMILES string of the molecule is CCC/C=C\C/C=C\CCCCCCCC(=O)OC(COC(=O)CCCCCCCCC)COC(=O)CCCCCCCCCCCCCCCCCCCCCCCCCCCCCCCCCCC. The van der Waals surface area contributed by atoms with Crippen LogP contribution < -0.4 is 0 Å². The van der Waals surface area contributed by atoms with E-state index in [-0.39, 0.29) is 31.1 Å². The first kappa shape index (κ1) is 68.9. The summed E-state index contributed by atoms with van der Waals surface area (Å²) in [6.07, 6.45) is 72.5. The fourth-order valence-corrected chi connectivity index (χ4v) is 9.66. The molecule has 0 amide bonds. The minimum Gasteiger partial charge on any atom is -0.462 e. The molecule has 0 aromatic carbocycles. The van der Waals surface area contributed by atoms with Crippen LogP contribution in [0.25, 0.3) is 0 Å². The van der Waals surface area contributed by atoms with Gasteiger partial charge in [-0.15, -0.1) is 0 Å². The molecule has 0 rings (SSSR count). The fraction of sp³-hybridized carbons (Fsp3) is 0.892. The monoisotopic (exact) mass is 999 g/mol. The molecule has 0 radical (unpaired) electrons. The lowest BCUT2D eigenvalue weighted by atomic mass is 10.0. The Hall–Kier alpha value is -2.11. The van der Waals surface area contributed by atoms with E-state index < -0.39 is 6.10 Å². The van der Waals surface area contributed by atoms with E-state index in [1.807, 2.05) is 0 Å². The molecular formula is C65H122O6. The molecule has 0 bridgehead atoms. The third-order valence-corrected chi connectivity index (χ3v) is 14.4. The van der Waals surface area contributed by atoms with Crippen molar-refractivity contribution in [3.63, 3.8) is 0 Å². The number of carbonyl (C=O) groups excluding carboxylic acids is 3. The van der Waals surface area contributed by atoms with Crippen molar-refractivity contribution in [3.05, 3.63) is 24.3 Å². The number of rotatable bonds is 59. The van der Waals surface area contributed by atoms with E-state index in [2.05, 4.69) is 45.1 Å². The lowest BCUT2D eigenvalue weighted by Crippen LogP contribution is -2.30. The number of hydrogen-bond acceptors (Lipinski definition) is 6. The third-order valence-electron chi connectivity index (χ3n) is 14.4. The van der Waals surface area contributed by atoms with Gasteiger partial charge in [0, 0.05) is 19.3 Å². The largest absolute Gasteiger partial charge is 0.462 e. The molecule has 0 saturated carbocycles. The van der Waals surface area contributed by atoms with E-state index in [9.17, 15) is 14.4 Å². The van der Waals surface area contributed by atoms with E-state index >= 15 is 0 Å². The minimum atomic E-state index is -0.772. The Morgan fingerprint density at radius 3 is 0.831 bits per heavy atom. The van der Waals surface area contributed by atoms with Crippen molar-refractivity contribution in [2.75, 3.05) is 13.2 Å². The van der Waals surface area contributed by atoms with Gasteiger partial charge in [-0.1, -0.05) is 315 Å². The molecule has 6 nitrogen and oxygen atoms in total. The zero-order chi connectivity index (χ0) is 51.4. The maximum atomic E-state index is 12.8.